The summed E-state index contributed by atoms with van der Waals surface area (Å²) in [6.45, 7) is 3.19. The van der Waals surface area contributed by atoms with Crippen molar-refractivity contribution in [2.75, 3.05) is 5.73 Å². The van der Waals surface area contributed by atoms with Crippen molar-refractivity contribution in [1.29, 1.82) is 0 Å². The first-order valence-electron chi connectivity index (χ1n) is 5.53. The normalized spacial score (nSPS) is 10.0. The van der Waals surface area contributed by atoms with E-state index in [2.05, 4.69) is 17.1 Å². The number of amides is 1. The number of hydrogen-bond donors (Lipinski definition) is 3. The lowest BCUT2D eigenvalue weighted by atomic mass is 10.1. The molecule has 2 aromatic rings. The number of aliphatic carboxylic acids is 1. The molecule has 7 nitrogen and oxygen atoms in total. The molecule has 0 radical (unpaired) electrons. The SMILES string of the molecule is C=C(NC(=O)c1cc(-c2ccc(N)cc2)no1)C(=O)O. The second kappa shape index (κ2) is 5.27. The summed E-state index contributed by atoms with van der Waals surface area (Å²) in [5.74, 6) is -2.16. The van der Waals surface area contributed by atoms with Gasteiger partial charge in [0.15, 0.2) is 0 Å². The molecule has 2 rings (SSSR count). The molecule has 0 saturated carbocycles. The van der Waals surface area contributed by atoms with Gasteiger partial charge in [-0.25, -0.2) is 4.79 Å². The third kappa shape index (κ3) is 2.83. The summed E-state index contributed by atoms with van der Waals surface area (Å²) in [7, 11) is 0. The van der Waals surface area contributed by atoms with Gasteiger partial charge < -0.3 is 20.7 Å². The molecule has 20 heavy (non-hydrogen) atoms. The Morgan fingerprint density at radius 2 is 1.95 bits per heavy atom. The minimum atomic E-state index is -1.32. The maximum Gasteiger partial charge on any atom is 0.351 e. The Morgan fingerprint density at radius 1 is 1.30 bits per heavy atom. The van der Waals surface area contributed by atoms with Gasteiger partial charge in [-0.05, 0) is 12.1 Å². The summed E-state index contributed by atoms with van der Waals surface area (Å²) in [4.78, 5) is 22.2. The van der Waals surface area contributed by atoms with E-state index in [-0.39, 0.29) is 5.76 Å². The van der Waals surface area contributed by atoms with Crippen LogP contribution in [0.2, 0.25) is 0 Å². The first-order valence-corrected chi connectivity index (χ1v) is 5.53. The fourth-order valence-electron chi connectivity index (χ4n) is 1.42. The lowest BCUT2D eigenvalue weighted by Crippen LogP contribution is -2.26. The molecule has 0 unspecified atom stereocenters. The predicted octanol–water partition coefficient (Wildman–Crippen LogP) is 1.25. The zero-order valence-electron chi connectivity index (χ0n) is 10.3. The molecule has 1 aromatic carbocycles. The zero-order chi connectivity index (χ0) is 14.7. The van der Waals surface area contributed by atoms with Gasteiger partial charge in [-0.15, -0.1) is 0 Å². The van der Waals surface area contributed by atoms with E-state index in [9.17, 15) is 9.59 Å². The second-order valence-electron chi connectivity index (χ2n) is 3.94. The van der Waals surface area contributed by atoms with Crippen LogP contribution in [0, 0.1) is 0 Å². The average Bonchev–Trinajstić information content (AvgIpc) is 2.89. The van der Waals surface area contributed by atoms with E-state index >= 15 is 0 Å². The fourth-order valence-corrected chi connectivity index (χ4v) is 1.42. The Labute approximate surface area is 113 Å². The lowest BCUT2D eigenvalue weighted by molar-refractivity contribution is -0.132. The smallest absolute Gasteiger partial charge is 0.351 e. The highest BCUT2D eigenvalue weighted by atomic mass is 16.5. The Kier molecular flexibility index (Phi) is 3.52. The highest BCUT2D eigenvalue weighted by Crippen LogP contribution is 2.20. The minimum absolute atomic E-state index is 0.112. The summed E-state index contributed by atoms with van der Waals surface area (Å²) in [6, 6.07) is 8.23. The Balaban J connectivity index is 2.16. The Hall–Kier alpha value is -3.09. The Bertz CT molecular complexity index is 673. The van der Waals surface area contributed by atoms with Crippen molar-refractivity contribution in [3.05, 3.63) is 48.4 Å². The van der Waals surface area contributed by atoms with Crippen LogP contribution in [0.5, 0.6) is 0 Å². The molecule has 1 heterocycles. The molecule has 1 amide bonds. The molecule has 0 saturated heterocycles. The largest absolute Gasteiger partial charge is 0.477 e. The molecule has 0 bridgehead atoms. The van der Waals surface area contributed by atoms with Crippen molar-refractivity contribution in [2.24, 2.45) is 0 Å². The highest BCUT2D eigenvalue weighted by molar-refractivity contribution is 5.99. The van der Waals surface area contributed by atoms with E-state index in [1.807, 2.05) is 0 Å². The van der Waals surface area contributed by atoms with Gasteiger partial charge in [-0.3, -0.25) is 4.79 Å². The molecule has 1 aromatic heterocycles. The van der Waals surface area contributed by atoms with Crippen molar-refractivity contribution in [3.63, 3.8) is 0 Å². The summed E-state index contributed by atoms with van der Waals surface area (Å²) < 4.78 is 4.86. The number of aromatic nitrogens is 1. The van der Waals surface area contributed by atoms with Gasteiger partial charge in [0.05, 0.1) is 0 Å². The molecule has 7 heteroatoms. The second-order valence-corrected chi connectivity index (χ2v) is 3.94. The van der Waals surface area contributed by atoms with Crippen LogP contribution in [0.3, 0.4) is 0 Å². The van der Waals surface area contributed by atoms with Gasteiger partial charge in [-0.2, -0.15) is 0 Å². The number of carboxylic acid groups (broad SMARTS) is 1. The van der Waals surface area contributed by atoms with Crippen LogP contribution in [0.1, 0.15) is 10.6 Å². The van der Waals surface area contributed by atoms with Crippen LogP contribution in [-0.2, 0) is 4.79 Å². The van der Waals surface area contributed by atoms with Gasteiger partial charge in [0, 0.05) is 17.3 Å². The summed E-state index contributed by atoms with van der Waals surface area (Å²) >= 11 is 0. The maximum absolute atomic E-state index is 11.7. The summed E-state index contributed by atoms with van der Waals surface area (Å²) in [5.41, 5.74) is 6.89. The van der Waals surface area contributed by atoms with E-state index in [0.717, 1.165) is 5.56 Å². The molecular weight excluding hydrogens is 262 g/mol. The summed E-state index contributed by atoms with van der Waals surface area (Å²) in [6.07, 6.45) is 0. The number of nitrogens with one attached hydrogen (secondary N) is 1. The molecule has 0 atom stereocenters. The lowest BCUT2D eigenvalue weighted by Gasteiger charge is -1.99. The number of rotatable bonds is 4. The number of carboxylic acids is 1. The van der Waals surface area contributed by atoms with E-state index in [0.29, 0.717) is 11.4 Å². The maximum atomic E-state index is 11.7. The van der Waals surface area contributed by atoms with Crippen LogP contribution in [0.15, 0.2) is 47.1 Å². The average molecular weight is 273 g/mol. The topological polar surface area (TPSA) is 118 Å². The monoisotopic (exact) mass is 273 g/mol. The van der Waals surface area contributed by atoms with Crippen LogP contribution in [-0.4, -0.2) is 22.1 Å². The third-order valence-corrected chi connectivity index (χ3v) is 2.46. The van der Waals surface area contributed by atoms with Crippen LogP contribution < -0.4 is 11.1 Å². The number of nitrogens with zero attached hydrogens (tertiary/aromatic N) is 1. The quantitative estimate of drug-likeness (QED) is 0.570. The van der Waals surface area contributed by atoms with Gasteiger partial charge in [0.25, 0.3) is 5.91 Å². The number of carbonyl (C=O) groups is 2. The molecule has 0 spiro atoms. The van der Waals surface area contributed by atoms with E-state index < -0.39 is 17.6 Å². The molecular formula is C13H11N3O4. The van der Waals surface area contributed by atoms with Crippen LogP contribution in [0.4, 0.5) is 5.69 Å². The standard InChI is InChI=1S/C13H11N3O4/c1-7(13(18)19)15-12(17)11-6-10(16-20-11)8-2-4-9(14)5-3-8/h2-6H,1,14H2,(H,15,17)(H,18,19). The first-order chi connectivity index (χ1) is 9.47. The number of hydrogen-bond acceptors (Lipinski definition) is 5. The van der Waals surface area contributed by atoms with Crippen molar-refractivity contribution in [3.8, 4) is 11.3 Å². The van der Waals surface area contributed by atoms with Gasteiger partial charge >= 0.3 is 5.97 Å². The Morgan fingerprint density at radius 3 is 2.55 bits per heavy atom. The highest BCUT2D eigenvalue weighted by Gasteiger charge is 2.16. The van der Waals surface area contributed by atoms with Crippen molar-refractivity contribution in [1.82, 2.24) is 10.5 Å². The molecule has 102 valence electrons. The number of carbonyl (C=O) groups excluding carboxylic acids is 1. The fraction of sp³-hybridized carbons (Fsp3) is 0. The number of nitrogen functional groups attached to an aromatic ring is 1. The third-order valence-electron chi connectivity index (χ3n) is 2.46. The number of nitrogens with two attached hydrogens (primary N) is 1. The van der Waals surface area contributed by atoms with Gasteiger partial charge in [0.1, 0.15) is 11.4 Å². The molecule has 0 aliphatic carbocycles. The molecule has 0 aliphatic rings. The van der Waals surface area contributed by atoms with Gasteiger partial charge in [0.2, 0.25) is 5.76 Å². The number of benzene rings is 1. The van der Waals surface area contributed by atoms with Crippen molar-refractivity contribution < 1.29 is 19.2 Å². The van der Waals surface area contributed by atoms with Crippen LogP contribution in [0.25, 0.3) is 11.3 Å². The van der Waals surface area contributed by atoms with E-state index in [4.69, 9.17) is 15.4 Å². The molecule has 4 N–H and O–H groups in total. The molecule has 0 aliphatic heterocycles. The van der Waals surface area contributed by atoms with E-state index in [1.54, 1.807) is 24.3 Å². The first kappa shape index (κ1) is 13.3. The summed E-state index contributed by atoms with van der Waals surface area (Å²) in [5, 5.41) is 14.4. The number of anilines is 1. The molecule has 0 fully saturated rings. The van der Waals surface area contributed by atoms with Crippen molar-refractivity contribution >= 4 is 17.6 Å². The predicted molar refractivity (Wildman–Crippen MR) is 70.6 cm³/mol. The minimum Gasteiger partial charge on any atom is -0.477 e. The van der Waals surface area contributed by atoms with Crippen LogP contribution >= 0.6 is 0 Å². The van der Waals surface area contributed by atoms with Crippen molar-refractivity contribution in [2.45, 2.75) is 0 Å². The van der Waals surface area contributed by atoms with E-state index in [1.165, 1.54) is 6.07 Å². The zero-order valence-corrected chi connectivity index (χ0v) is 10.3. The van der Waals surface area contributed by atoms with Gasteiger partial charge in [-0.1, -0.05) is 23.9 Å².